The maximum atomic E-state index is 13.9. The Hall–Kier alpha value is -3.06. The second-order valence-corrected chi connectivity index (χ2v) is 6.35. The fourth-order valence-corrected chi connectivity index (χ4v) is 2.63. The minimum atomic E-state index is -0.554. The molecule has 0 aliphatic rings. The van der Waals surface area contributed by atoms with Gasteiger partial charge in [-0.15, -0.1) is 0 Å². The summed E-state index contributed by atoms with van der Waals surface area (Å²) in [5.74, 6) is -1.12. The van der Waals surface area contributed by atoms with Gasteiger partial charge < -0.3 is 10.6 Å². The summed E-state index contributed by atoms with van der Waals surface area (Å²) in [4.78, 5) is 12.3. The third kappa shape index (κ3) is 4.57. The van der Waals surface area contributed by atoms with Gasteiger partial charge in [-0.25, -0.2) is 8.78 Å². The highest BCUT2D eigenvalue weighted by molar-refractivity contribution is 5.94. The van der Waals surface area contributed by atoms with Gasteiger partial charge in [0.25, 0.3) is 0 Å². The topological polar surface area (TPSA) is 69.8 Å². The number of aromatic nitrogens is 2. The van der Waals surface area contributed by atoms with Crippen molar-refractivity contribution in [3.05, 3.63) is 71.4 Å². The van der Waals surface area contributed by atoms with Gasteiger partial charge in [0.1, 0.15) is 11.6 Å². The summed E-state index contributed by atoms with van der Waals surface area (Å²) in [6, 6.07) is 10.1. The van der Waals surface area contributed by atoms with Crippen LogP contribution in [0, 0.1) is 18.6 Å². The number of amides is 1. The zero-order valence-corrected chi connectivity index (χ0v) is 15.0. The summed E-state index contributed by atoms with van der Waals surface area (Å²) in [7, 11) is 0. The average molecular weight is 370 g/mol. The summed E-state index contributed by atoms with van der Waals surface area (Å²) in [6.45, 7) is 3.84. The first-order valence-corrected chi connectivity index (χ1v) is 8.52. The van der Waals surface area contributed by atoms with E-state index in [0.717, 1.165) is 22.4 Å². The molecule has 1 unspecified atom stereocenters. The van der Waals surface area contributed by atoms with Crippen molar-refractivity contribution >= 4 is 11.6 Å². The molecule has 3 rings (SSSR count). The molecule has 2 aromatic carbocycles. The largest absolute Gasteiger partial charge is 0.322 e. The van der Waals surface area contributed by atoms with Crippen LogP contribution in [-0.2, 0) is 11.3 Å². The number of nitrogens with zero attached hydrogens (tertiary/aromatic N) is 1. The number of aromatic amines is 1. The van der Waals surface area contributed by atoms with Gasteiger partial charge in [0, 0.05) is 17.7 Å². The van der Waals surface area contributed by atoms with Gasteiger partial charge in [-0.3, -0.25) is 9.89 Å². The van der Waals surface area contributed by atoms with Crippen LogP contribution in [0.2, 0.25) is 0 Å². The Morgan fingerprint density at radius 1 is 1.19 bits per heavy atom. The number of benzene rings is 2. The number of hydrogen-bond acceptors (Lipinski definition) is 3. The van der Waals surface area contributed by atoms with Crippen molar-refractivity contribution in [1.82, 2.24) is 15.5 Å². The molecule has 140 valence electrons. The van der Waals surface area contributed by atoms with Crippen LogP contribution in [0.5, 0.6) is 0 Å². The number of rotatable bonds is 6. The van der Waals surface area contributed by atoms with E-state index in [-0.39, 0.29) is 17.4 Å². The summed E-state index contributed by atoms with van der Waals surface area (Å²) in [6.07, 6.45) is 1.65. The van der Waals surface area contributed by atoms with E-state index in [4.69, 9.17) is 0 Å². The Morgan fingerprint density at radius 3 is 2.63 bits per heavy atom. The highest BCUT2D eigenvalue weighted by Gasteiger charge is 2.16. The third-order valence-electron chi connectivity index (χ3n) is 4.23. The lowest BCUT2D eigenvalue weighted by atomic mass is 10.1. The number of carbonyl (C=O) groups is 1. The summed E-state index contributed by atoms with van der Waals surface area (Å²) in [5.41, 5.74) is 3.31. The number of hydrogen-bond donors (Lipinski definition) is 3. The molecule has 1 aromatic heterocycles. The lowest BCUT2D eigenvalue weighted by Gasteiger charge is -2.15. The zero-order chi connectivity index (χ0) is 19.4. The van der Waals surface area contributed by atoms with E-state index in [1.54, 1.807) is 38.2 Å². The van der Waals surface area contributed by atoms with E-state index in [1.165, 1.54) is 24.3 Å². The van der Waals surface area contributed by atoms with Crippen LogP contribution < -0.4 is 10.6 Å². The van der Waals surface area contributed by atoms with Crippen LogP contribution in [0.3, 0.4) is 0 Å². The van der Waals surface area contributed by atoms with Gasteiger partial charge in [-0.2, -0.15) is 5.10 Å². The monoisotopic (exact) mass is 370 g/mol. The molecule has 0 spiro atoms. The van der Waals surface area contributed by atoms with Gasteiger partial charge in [0.05, 0.1) is 23.6 Å². The minimum absolute atomic E-state index is 0.148. The van der Waals surface area contributed by atoms with Crippen LogP contribution in [0.25, 0.3) is 11.3 Å². The number of aryl methyl sites for hydroxylation is 1. The molecule has 3 aromatic rings. The van der Waals surface area contributed by atoms with E-state index < -0.39 is 11.9 Å². The van der Waals surface area contributed by atoms with Gasteiger partial charge in [-0.05, 0) is 55.8 Å². The molecule has 0 aliphatic heterocycles. The van der Waals surface area contributed by atoms with Crippen molar-refractivity contribution in [3.8, 4) is 11.3 Å². The lowest BCUT2D eigenvalue weighted by molar-refractivity contribution is -0.117. The van der Waals surface area contributed by atoms with Crippen molar-refractivity contribution in [2.45, 2.75) is 26.4 Å². The number of nitrogens with one attached hydrogen (secondary N) is 3. The third-order valence-corrected chi connectivity index (χ3v) is 4.23. The van der Waals surface area contributed by atoms with Crippen LogP contribution in [-0.4, -0.2) is 22.1 Å². The smallest absolute Gasteiger partial charge is 0.241 e. The second kappa shape index (κ2) is 8.09. The van der Waals surface area contributed by atoms with Crippen molar-refractivity contribution in [2.75, 3.05) is 5.32 Å². The second-order valence-electron chi connectivity index (χ2n) is 6.35. The fourth-order valence-electron chi connectivity index (χ4n) is 2.63. The molecule has 5 nitrogen and oxygen atoms in total. The Bertz CT molecular complexity index is 937. The molecule has 27 heavy (non-hydrogen) atoms. The number of anilines is 1. The number of halogens is 2. The lowest BCUT2D eigenvalue weighted by Crippen LogP contribution is -2.37. The molecule has 0 saturated heterocycles. The summed E-state index contributed by atoms with van der Waals surface area (Å²) < 4.78 is 27.0. The first-order chi connectivity index (χ1) is 12.9. The molecule has 1 heterocycles. The van der Waals surface area contributed by atoms with Gasteiger partial charge in [0.15, 0.2) is 0 Å². The molecular formula is C20H20F2N4O. The van der Waals surface area contributed by atoms with Crippen molar-refractivity contribution < 1.29 is 13.6 Å². The maximum absolute atomic E-state index is 13.9. The van der Waals surface area contributed by atoms with E-state index in [9.17, 15) is 13.6 Å². The molecule has 3 N–H and O–H groups in total. The minimum Gasteiger partial charge on any atom is -0.322 e. The first-order valence-electron chi connectivity index (χ1n) is 8.52. The van der Waals surface area contributed by atoms with Crippen LogP contribution in [0.4, 0.5) is 14.5 Å². The normalized spacial score (nSPS) is 12.0. The molecular weight excluding hydrogens is 350 g/mol. The summed E-state index contributed by atoms with van der Waals surface area (Å²) in [5, 5.41) is 12.6. The van der Waals surface area contributed by atoms with E-state index in [0.29, 0.717) is 6.54 Å². The molecule has 0 saturated carbocycles. The Balaban J connectivity index is 1.62. The molecule has 1 atom stereocenters. The fraction of sp³-hybridized carbons (Fsp3) is 0.200. The van der Waals surface area contributed by atoms with E-state index in [2.05, 4.69) is 20.8 Å². The van der Waals surface area contributed by atoms with Crippen LogP contribution in [0.15, 0.2) is 48.7 Å². The zero-order valence-electron chi connectivity index (χ0n) is 15.0. The van der Waals surface area contributed by atoms with Crippen molar-refractivity contribution in [2.24, 2.45) is 0 Å². The van der Waals surface area contributed by atoms with Crippen molar-refractivity contribution in [3.63, 3.8) is 0 Å². The van der Waals surface area contributed by atoms with Gasteiger partial charge >= 0.3 is 0 Å². The quantitative estimate of drug-likeness (QED) is 0.618. The van der Waals surface area contributed by atoms with Crippen molar-refractivity contribution in [1.29, 1.82) is 0 Å². The van der Waals surface area contributed by atoms with Crippen LogP contribution >= 0.6 is 0 Å². The Labute approximate surface area is 155 Å². The molecule has 1 amide bonds. The Kier molecular flexibility index (Phi) is 5.61. The molecule has 0 bridgehead atoms. The maximum Gasteiger partial charge on any atom is 0.241 e. The Morgan fingerprint density at radius 2 is 1.93 bits per heavy atom. The SMILES string of the molecule is Cc1ccc(NC(=O)C(C)NCc2cn[nH]c2-c2ccc(F)cc2)c(F)c1. The standard InChI is InChI=1S/C20H20F2N4O/c1-12-3-8-18(17(22)9-12)25-20(27)13(2)23-10-15-11-24-26-19(15)14-4-6-16(21)7-5-14/h3-9,11,13,23H,10H2,1-2H3,(H,24,26)(H,25,27). The van der Waals surface area contributed by atoms with E-state index >= 15 is 0 Å². The predicted molar refractivity (Wildman–Crippen MR) is 100 cm³/mol. The predicted octanol–water partition coefficient (Wildman–Crippen LogP) is 3.78. The van der Waals surface area contributed by atoms with Crippen LogP contribution in [0.1, 0.15) is 18.1 Å². The van der Waals surface area contributed by atoms with E-state index in [1.807, 2.05) is 0 Å². The highest BCUT2D eigenvalue weighted by Crippen LogP contribution is 2.21. The summed E-state index contributed by atoms with van der Waals surface area (Å²) >= 11 is 0. The molecule has 0 fully saturated rings. The highest BCUT2D eigenvalue weighted by atomic mass is 19.1. The number of carbonyl (C=O) groups excluding carboxylic acids is 1. The molecule has 0 radical (unpaired) electrons. The molecule has 0 aliphatic carbocycles. The molecule has 7 heteroatoms. The number of H-pyrrole nitrogens is 1. The first kappa shape index (κ1) is 18.7. The average Bonchev–Trinajstić information content (AvgIpc) is 3.11. The van der Waals surface area contributed by atoms with Gasteiger partial charge in [0.2, 0.25) is 5.91 Å². The van der Waals surface area contributed by atoms with Gasteiger partial charge in [-0.1, -0.05) is 6.07 Å².